The molecule has 0 amide bonds. The molecule has 0 atom stereocenters. The quantitative estimate of drug-likeness (QED) is 0.282. The standard InChI is InChI=1S/C5H5N.Na.H5O10P3.H/c1-2-4-6-5-3-1;;1-11(2,3)9-13(7,8)10-12(4,5)6;/h1-5H;;(H,7,8)(H2,1,2,3)(H2,4,5,6);/q;+1;;-1. The summed E-state index contributed by atoms with van der Waals surface area (Å²) in [4.78, 5) is 44.0. The van der Waals surface area contributed by atoms with E-state index in [0.717, 1.165) is 0 Å². The number of pyridine rings is 1. The molecule has 0 aliphatic rings. The van der Waals surface area contributed by atoms with E-state index in [2.05, 4.69) is 13.6 Å². The Morgan fingerprint density at radius 1 is 0.800 bits per heavy atom. The summed E-state index contributed by atoms with van der Waals surface area (Å²) in [6.07, 6.45) is 3.50. The molecule has 0 fully saturated rings. The van der Waals surface area contributed by atoms with Gasteiger partial charge in [-0.25, -0.2) is 13.7 Å². The first-order valence-electron chi connectivity index (χ1n) is 4.13. The van der Waals surface area contributed by atoms with E-state index in [4.69, 9.17) is 24.5 Å². The van der Waals surface area contributed by atoms with E-state index in [9.17, 15) is 13.7 Å². The molecule has 0 aromatic carbocycles. The van der Waals surface area contributed by atoms with E-state index >= 15 is 0 Å². The van der Waals surface area contributed by atoms with Crippen LogP contribution in [0.15, 0.2) is 30.6 Å². The molecular weight excluding hydrogens is 350 g/mol. The van der Waals surface area contributed by atoms with E-state index in [0.29, 0.717) is 0 Å². The van der Waals surface area contributed by atoms with Crippen molar-refractivity contribution in [1.82, 2.24) is 4.98 Å². The second-order valence-electron chi connectivity index (χ2n) is 2.64. The van der Waals surface area contributed by atoms with E-state index in [1.165, 1.54) is 0 Å². The molecule has 5 N–H and O–H groups in total. The Bertz CT molecular complexity index is 464. The first-order chi connectivity index (χ1) is 8.41. The molecule has 20 heavy (non-hydrogen) atoms. The van der Waals surface area contributed by atoms with Crippen LogP contribution in [-0.4, -0.2) is 29.5 Å². The van der Waals surface area contributed by atoms with Gasteiger partial charge in [0.25, 0.3) is 0 Å². The topological polar surface area (TPSA) is 184 Å². The van der Waals surface area contributed by atoms with Gasteiger partial charge in [0.15, 0.2) is 0 Å². The van der Waals surface area contributed by atoms with E-state index in [-0.39, 0.29) is 31.0 Å². The van der Waals surface area contributed by atoms with E-state index in [1.807, 2.05) is 18.2 Å². The minimum atomic E-state index is -5.46. The maximum atomic E-state index is 10.4. The summed E-state index contributed by atoms with van der Waals surface area (Å²) >= 11 is 0. The molecule has 0 aliphatic heterocycles. The molecule has 0 aliphatic carbocycles. The second-order valence-corrected chi connectivity index (χ2v) is 6.84. The molecule has 0 unspecified atom stereocenters. The summed E-state index contributed by atoms with van der Waals surface area (Å²) in [5.74, 6) is 0. The van der Waals surface area contributed by atoms with Gasteiger partial charge in [0.1, 0.15) is 0 Å². The molecule has 1 aromatic heterocycles. The average Bonchev–Trinajstić information content (AvgIpc) is 2.13. The van der Waals surface area contributed by atoms with Gasteiger partial charge in [0.05, 0.1) is 0 Å². The van der Waals surface area contributed by atoms with Gasteiger partial charge in [-0.1, -0.05) is 6.07 Å². The van der Waals surface area contributed by atoms with Crippen LogP contribution in [0.1, 0.15) is 1.43 Å². The molecule has 0 saturated heterocycles. The molecular formula is C5H11NNaO10P3. The number of nitrogens with zero attached hydrogens (tertiary/aromatic N) is 1. The van der Waals surface area contributed by atoms with Crippen molar-refractivity contribution in [3.8, 4) is 0 Å². The van der Waals surface area contributed by atoms with Gasteiger partial charge in [-0.15, -0.1) is 0 Å². The Morgan fingerprint density at radius 3 is 1.30 bits per heavy atom. The first-order valence-corrected chi connectivity index (χ1v) is 8.68. The smallest absolute Gasteiger partial charge is 1.00 e. The van der Waals surface area contributed by atoms with Crippen LogP contribution in [0, 0.1) is 0 Å². The fraction of sp³-hybridized carbons (Fsp3) is 0. The molecule has 1 heterocycles. The zero-order chi connectivity index (χ0) is 15.2. The third kappa shape index (κ3) is 16.6. The number of aromatic nitrogens is 1. The minimum Gasteiger partial charge on any atom is -1.00 e. The number of phosphoric acid groups is 3. The predicted molar refractivity (Wildman–Crippen MR) is 61.4 cm³/mol. The second kappa shape index (κ2) is 9.55. The predicted octanol–water partition coefficient (Wildman–Crippen LogP) is -2.50. The van der Waals surface area contributed by atoms with Crippen molar-refractivity contribution in [2.75, 3.05) is 0 Å². The van der Waals surface area contributed by atoms with Gasteiger partial charge in [-0.3, -0.25) is 4.98 Å². The maximum Gasteiger partial charge on any atom is 1.00 e. The van der Waals surface area contributed by atoms with Crippen molar-refractivity contribution < 1.29 is 77.8 Å². The number of hydrogen-bond donors (Lipinski definition) is 5. The maximum absolute atomic E-state index is 10.4. The van der Waals surface area contributed by atoms with Gasteiger partial charge >= 0.3 is 53.0 Å². The van der Waals surface area contributed by atoms with Crippen LogP contribution >= 0.6 is 23.5 Å². The van der Waals surface area contributed by atoms with Gasteiger partial charge in [-0.2, -0.15) is 8.62 Å². The molecule has 1 rings (SSSR count). The molecule has 112 valence electrons. The molecule has 0 bridgehead atoms. The van der Waals surface area contributed by atoms with E-state index in [1.54, 1.807) is 12.4 Å². The molecule has 15 heteroatoms. The zero-order valence-corrected chi connectivity index (χ0v) is 14.6. The Kier molecular flexibility index (Phi) is 10.9. The Balaban J connectivity index is -0.000000342. The summed E-state index contributed by atoms with van der Waals surface area (Å²) in [7, 11) is -16.2. The van der Waals surface area contributed by atoms with Crippen LogP contribution in [0.4, 0.5) is 0 Å². The van der Waals surface area contributed by atoms with Gasteiger partial charge < -0.3 is 25.9 Å². The van der Waals surface area contributed by atoms with Crippen molar-refractivity contribution in [2.45, 2.75) is 0 Å². The van der Waals surface area contributed by atoms with Gasteiger partial charge in [0, 0.05) is 12.4 Å². The zero-order valence-electron chi connectivity index (χ0n) is 11.0. The van der Waals surface area contributed by atoms with Crippen LogP contribution in [-0.2, 0) is 22.3 Å². The Morgan fingerprint density at radius 2 is 1.15 bits per heavy atom. The summed E-state index contributed by atoms with van der Waals surface area (Å²) < 4.78 is 36.4. The number of rotatable bonds is 4. The summed E-state index contributed by atoms with van der Waals surface area (Å²) in [6, 6.07) is 5.72. The molecule has 0 saturated carbocycles. The van der Waals surface area contributed by atoms with Crippen LogP contribution in [0.2, 0.25) is 0 Å². The van der Waals surface area contributed by atoms with Crippen LogP contribution in [0.5, 0.6) is 0 Å². The fourth-order valence-electron chi connectivity index (χ4n) is 0.596. The SMILES string of the molecule is O=P(O)(O)OP(=O)(O)OP(=O)(O)O.[H-].[Na+].c1ccncc1. The Hall–Kier alpha value is 0.560. The third-order valence-electron chi connectivity index (χ3n) is 0.986. The molecule has 11 nitrogen and oxygen atoms in total. The molecule has 0 radical (unpaired) electrons. The third-order valence-corrected chi connectivity index (χ3v) is 4.34. The fourth-order valence-corrected chi connectivity index (χ4v) is 3.13. The van der Waals surface area contributed by atoms with Crippen molar-refractivity contribution in [2.24, 2.45) is 0 Å². The number of hydrogen-bond acceptors (Lipinski definition) is 6. The average molecular weight is 361 g/mol. The van der Waals surface area contributed by atoms with Crippen LogP contribution in [0.3, 0.4) is 0 Å². The minimum absolute atomic E-state index is 0. The first kappa shape index (κ1) is 22.8. The molecule has 0 spiro atoms. The van der Waals surface area contributed by atoms with Gasteiger partial charge in [-0.05, 0) is 12.1 Å². The normalized spacial score (nSPS) is 11.8. The summed E-state index contributed by atoms with van der Waals surface area (Å²) in [6.45, 7) is 0. The van der Waals surface area contributed by atoms with Crippen molar-refractivity contribution in [3.63, 3.8) is 0 Å². The van der Waals surface area contributed by atoms with Crippen LogP contribution < -0.4 is 29.6 Å². The van der Waals surface area contributed by atoms with E-state index < -0.39 is 23.5 Å². The Labute approximate surface area is 136 Å². The summed E-state index contributed by atoms with van der Waals surface area (Å²) in [5.41, 5.74) is 0. The van der Waals surface area contributed by atoms with Crippen molar-refractivity contribution in [1.29, 1.82) is 0 Å². The summed E-state index contributed by atoms with van der Waals surface area (Å²) in [5, 5.41) is 0. The molecule has 1 aromatic rings. The van der Waals surface area contributed by atoms with Gasteiger partial charge in [0.2, 0.25) is 0 Å². The van der Waals surface area contributed by atoms with Crippen molar-refractivity contribution in [3.05, 3.63) is 30.6 Å². The van der Waals surface area contributed by atoms with Crippen LogP contribution in [0.25, 0.3) is 0 Å². The monoisotopic (exact) mass is 361 g/mol. The largest absolute Gasteiger partial charge is 1.00 e. The van der Waals surface area contributed by atoms with Crippen molar-refractivity contribution >= 4 is 23.5 Å².